The van der Waals surface area contributed by atoms with Crippen molar-refractivity contribution in [3.8, 4) is 5.75 Å². The number of anilines is 1. The van der Waals surface area contributed by atoms with E-state index in [1.54, 1.807) is 24.7 Å². The molecule has 1 amide bonds. The van der Waals surface area contributed by atoms with Crippen LogP contribution in [0.15, 0.2) is 92.2 Å². The summed E-state index contributed by atoms with van der Waals surface area (Å²) in [5.41, 5.74) is 2.19. The van der Waals surface area contributed by atoms with Gasteiger partial charge in [-0.3, -0.25) is 14.2 Å². The second kappa shape index (κ2) is 9.23. The largest absolute Gasteiger partial charge is 0.497 e. The maximum Gasteiger partial charge on any atom is 0.271 e. The number of carbonyl (C=O) groups excluding carboxylic acids is 1. The molecule has 0 spiro atoms. The summed E-state index contributed by atoms with van der Waals surface area (Å²) in [4.78, 5) is 32.2. The fourth-order valence-electron chi connectivity index (χ4n) is 4.05. The van der Waals surface area contributed by atoms with Crippen molar-refractivity contribution in [2.24, 2.45) is 4.99 Å². The zero-order valence-corrected chi connectivity index (χ0v) is 20.3. The zero-order chi connectivity index (χ0) is 24.5. The van der Waals surface area contributed by atoms with Gasteiger partial charge in [0.1, 0.15) is 23.3 Å². The number of aromatic nitrogens is 1. The number of ether oxygens (including phenoxy) is 1. The van der Waals surface area contributed by atoms with Gasteiger partial charge in [0, 0.05) is 5.69 Å². The van der Waals surface area contributed by atoms with Gasteiger partial charge in [0.15, 0.2) is 4.80 Å². The Hall–Kier alpha value is -4.17. The van der Waals surface area contributed by atoms with E-state index in [9.17, 15) is 9.59 Å². The standard InChI is InChI=1S/C27H23N3O4S/c1-16-9-14-21(34-16)24-23(25(31)29-19-7-5-4-6-8-19)17(2)28-27-30(24)26(32)22(35-27)15-18-10-12-20(33-3)13-11-18/h4-15,24H,1-3H3,(H,29,31)/b22-15-/t24-/m0/s1. The second-order valence-electron chi connectivity index (χ2n) is 8.12. The predicted molar refractivity (Wildman–Crippen MR) is 135 cm³/mol. The van der Waals surface area contributed by atoms with E-state index >= 15 is 0 Å². The van der Waals surface area contributed by atoms with Gasteiger partial charge in [0.2, 0.25) is 0 Å². The number of nitrogens with one attached hydrogen (secondary N) is 1. The van der Waals surface area contributed by atoms with E-state index in [4.69, 9.17) is 9.15 Å². The second-order valence-corrected chi connectivity index (χ2v) is 9.13. The van der Waals surface area contributed by atoms with Crippen molar-refractivity contribution in [3.05, 3.63) is 115 Å². The summed E-state index contributed by atoms with van der Waals surface area (Å²) in [6.45, 7) is 3.61. The third-order valence-corrected chi connectivity index (χ3v) is 6.73. The molecule has 2 aromatic carbocycles. The molecule has 0 fully saturated rings. The molecule has 0 unspecified atom stereocenters. The predicted octanol–water partition coefficient (Wildman–Crippen LogP) is 3.78. The quantitative estimate of drug-likeness (QED) is 0.466. The number of hydrogen-bond donors (Lipinski definition) is 1. The van der Waals surface area contributed by atoms with Crippen LogP contribution in [-0.2, 0) is 4.79 Å². The molecule has 0 saturated carbocycles. The summed E-state index contributed by atoms with van der Waals surface area (Å²) in [5, 5.41) is 2.93. The van der Waals surface area contributed by atoms with Crippen LogP contribution >= 0.6 is 11.3 Å². The lowest BCUT2D eigenvalue weighted by Gasteiger charge is -2.23. The van der Waals surface area contributed by atoms with E-state index in [1.165, 1.54) is 11.3 Å². The Kier molecular flexibility index (Phi) is 5.96. The maximum atomic E-state index is 13.6. The Balaban J connectivity index is 1.64. The number of benzene rings is 2. The minimum absolute atomic E-state index is 0.235. The van der Waals surface area contributed by atoms with E-state index in [-0.39, 0.29) is 11.5 Å². The van der Waals surface area contributed by atoms with Gasteiger partial charge in [0.05, 0.1) is 22.9 Å². The normalized spacial score (nSPS) is 15.5. The molecule has 1 aliphatic rings. The molecule has 7 nitrogen and oxygen atoms in total. The number of carbonyl (C=O) groups is 1. The number of rotatable bonds is 5. The van der Waals surface area contributed by atoms with Crippen molar-refractivity contribution in [1.29, 1.82) is 0 Å². The molecular weight excluding hydrogens is 462 g/mol. The highest BCUT2D eigenvalue weighted by molar-refractivity contribution is 7.07. The molecule has 0 radical (unpaired) electrons. The molecule has 1 atom stereocenters. The van der Waals surface area contributed by atoms with Crippen LogP contribution in [0.2, 0.25) is 0 Å². The molecule has 176 valence electrons. The van der Waals surface area contributed by atoms with Gasteiger partial charge in [-0.15, -0.1) is 0 Å². The molecule has 0 saturated heterocycles. The lowest BCUT2D eigenvalue weighted by Crippen LogP contribution is -2.40. The number of amides is 1. The monoisotopic (exact) mass is 485 g/mol. The highest BCUT2D eigenvalue weighted by atomic mass is 32.1. The lowest BCUT2D eigenvalue weighted by molar-refractivity contribution is -0.113. The Morgan fingerprint density at radius 1 is 1.09 bits per heavy atom. The molecule has 8 heteroatoms. The highest BCUT2D eigenvalue weighted by Crippen LogP contribution is 2.31. The molecule has 5 rings (SSSR count). The zero-order valence-electron chi connectivity index (χ0n) is 19.4. The van der Waals surface area contributed by atoms with Crippen molar-refractivity contribution in [2.75, 3.05) is 12.4 Å². The Morgan fingerprint density at radius 2 is 1.83 bits per heavy atom. The van der Waals surface area contributed by atoms with Gasteiger partial charge in [-0.1, -0.05) is 41.7 Å². The third-order valence-electron chi connectivity index (χ3n) is 5.74. The summed E-state index contributed by atoms with van der Waals surface area (Å²) < 4.78 is 13.2. The van der Waals surface area contributed by atoms with Crippen LogP contribution < -0.4 is 24.9 Å². The molecule has 35 heavy (non-hydrogen) atoms. The number of nitrogens with zero attached hydrogens (tertiary/aromatic N) is 2. The lowest BCUT2D eigenvalue weighted by atomic mass is 10.00. The third kappa shape index (κ3) is 4.36. The molecule has 0 aliphatic carbocycles. The van der Waals surface area contributed by atoms with E-state index in [0.29, 0.717) is 37.8 Å². The molecule has 1 aliphatic heterocycles. The summed E-state index contributed by atoms with van der Waals surface area (Å²) in [5.74, 6) is 1.60. The number of para-hydroxylation sites is 1. The number of furan rings is 1. The van der Waals surface area contributed by atoms with Crippen LogP contribution in [0.1, 0.15) is 30.0 Å². The Labute approximate surface area is 205 Å². The van der Waals surface area contributed by atoms with E-state index in [0.717, 1.165) is 11.3 Å². The highest BCUT2D eigenvalue weighted by Gasteiger charge is 2.34. The van der Waals surface area contributed by atoms with Crippen molar-refractivity contribution in [1.82, 2.24) is 4.57 Å². The minimum Gasteiger partial charge on any atom is -0.497 e. The van der Waals surface area contributed by atoms with Crippen molar-refractivity contribution >= 4 is 29.0 Å². The molecular formula is C27H23N3O4S. The van der Waals surface area contributed by atoms with Crippen molar-refractivity contribution in [3.63, 3.8) is 0 Å². The SMILES string of the molecule is COc1ccc(/C=c2\sc3n(c2=O)[C@@H](c2ccc(C)o2)C(C(=O)Nc2ccccc2)=C(C)N=3)cc1. The average molecular weight is 486 g/mol. The number of thiazole rings is 1. The van der Waals surface area contributed by atoms with E-state index in [1.807, 2.05) is 73.7 Å². The van der Waals surface area contributed by atoms with Crippen LogP contribution in [0.4, 0.5) is 5.69 Å². The minimum atomic E-state index is -0.735. The van der Waals surface area contributed by atoms with Gasteiger partial charge >= 0.3 is 0 Å². The first-order valence-corrected chi connectivity index (χ1v) is 11.9. The van der Waals surface area contributed by atoms with E-state index in [2.05, 4.69) is 10.3 Å². The Morgan fingerprint density at radius 3 is 2.49 bits per heavy atom. The summed E-state index contributed by atoms with van der Waals surface area (Å²) >= 11 is 1.28. The van der Waals surface area contributed by atoms with Crippen LogP contribution in [0.3, 0.4) is 0 Å². The van der Waals surface area contributed by atoms with Crippen LogP contribution in [-0.4, -0.2) is 17.6 Å². The van der Waals surface area contributed by atoms with Crippen LogP contribution in [0.25, 0.3) is 6.08 Å². The first-order valence-electron chi connectivity index (χ1n) is 11.0. The molecule has 0 bridgehead atoms. The van der Waals surface area contributed by atoms with Crippen molar-refractivity contribution < 1.29 is 13.9 Å². The number of aryl methyl sites for hydroxylation is 1. The first-order chi connectivity index (χ1) is 16.9. The number of methoxy groups -OCH3 is 1. The fraction of sp³-hybridized carbons (Fsp3) is 0.148. The van der Waals surface area contributed by atoms with Crippen LogP contribution in [0, 0.1) is 6.92 Å². The number of fused-ring (bicyclic) bond motifs is 1. The molecule has 4 aromatic rings. The van der Waals surface area contributed by atoms with Gasteiger partial charge < -0.3 is 14.5 Å². The van der Waals surface area contributed by atoms with Crippen molar-refractivity contribution in [2.45, 2.75) is 19.9 Å². The summed E-state index contributed by atoms with van der Waals surface area (Å²) in [6.07, 6.45) is 1.82. The maximum absolute atomic E-state index is 13.6. The summed E-state index contributed by atoms with van der Waals surface area (Å²) in [7, 11) is 1.61. The molecule has 1 N–H and O–H groups in total. The first kappa shape index (κ1) is 22.6. The molecule has 3 heterocycles. The summed E-state index contributed by atoms with van der Waals surface area (Å²) in [6, 6.07) is 19.5. The average Bonchev–Trinajstić information content (AvgIpc) is 3.42. The number of allylic oxidation sites excluding steroid dienone is 1. The van der Waals surface area contributed by atoms with Gasteiger partial charge in [0.25, 0.3) is 11.5 Å². The van der Waals surface area contributed by atoms with E-state index < -0.39 is 6.04 Å². The van der Waals surface area contributed by atoms with Gasteiger partial charge in [-0.2, -0.15) is 0 Å². The number of hydrogen-bond acceptors (Lipinski definition) is 6. The molecule has 2 aromatic heterocycles. The fourth-order valence-corrected chi connectivity index (χ4v) is 5.10. The topological polar surface area (TPSA) is 85.8 Å². The van der Waals surface area contributed by atoms with Crippen LogP contribution in [0.5, 0.6) is 5.75 Å². The smallest absolute Gasteiger partial charge is 0.271 e. The Bertz CT molecular complexity index is 1610. The van der Waals surface area contributed by atoms with Gasteiger partial charge in [-0.05, 0) is 61.9 Å². The van der Waals surface area contributed by atoms with Gasteiger partial charge in [-0.25, -0.2) is 4.99 Å².